The molecule has 0 fully saturated rings. The second kappa shape index (κ2) is 7.31. The molecule has 0 amide bonds. The minimum Gasteiger partial charge on any atom is -0.341 e. The van der Waals surface area contributed by atoms with Crippen molar-refractivity contribution < 1.29 is 0 Å². The molecule has 5 aromatic rings. The molecule has 1 N–H and O–H groups in total. The van der Waals surface area contributed by atoms with E-state index >= 15 is 0 Å². The van der Waals surface area contributed by atoms with E-state index in [0.717, 1.165) is 27.6 Å². The number of benzene rings is 3. The molecule has 3 aromatic carbocycles. The number of rotatable bonds is 3. The highest BCUT2D eigenvalue weighted by Crippen LogP contribution is 2.34. The number of H-pyrrole nitrogens is 1. The minimum absolute atomic E-state index is 0.156. The fourth-order valence-electron chi connectivity index (χ4n) is 3.89. The molecule has 0 bridgehead atoms. The number of hydrogen-bond acceptors (Lipinski definition) is 2. The molecule has 0 aliphatic rings. The molecule has 0 unspecified atom stereocenters. The van der Waals surface area contributed by atoms with Gasteiger partial charge in [0.25, 0.3) is 5.56 Å². The van der Waals surface area contributed by atoms with Crippen LogP contribution in [0.3, 0.4) is 0 Å². The van der Waals surface area contributed by atoms with Gasteiger partial charge < -0.3 is 9.55 Å². The van der Waals surface area contributed by atoms with Gasteiger partial charge in [-0.1, -0.05) is 59.6 Å². The van der Waals surface area contributed by atoms with Crippen LogP contribution in [0.5, 0.6) is 0 Å². The molecule has 6 heteroatoms. The molecule has 0 aliphatic heterocycles. The van der Waals surface area contributed by atoms with E-state index < -0.39 is 0 Å². The molecule has 30 heavy (non-hydrogen) atoms. The Kier molecular flexibility index (Phi) is 4.61. The van der Waals surface area contributed by atoms with Crippen molar-refractivity contribution in [2.24, 2.45) is 0 Å². The Hall–Kier alpha value is -3.08. The lowest BCUT2D eigenvalue weighted by Crippen LogP contribution is -2.10. The molecular weight excluding hydrogens is 417 g/mol. The quantitative estimate of drug-likeness (QED) is 0.367. The number of nitrogens with zero attached hydrogens (tertiary/aromatic N) is 2. The molecule has 5 rings (SSSR count). The largest absolute Gasteiger partial charge is 0.341 e. The molecule has 0 radical (unpaired) electrons. The molecule has 0 saturated heterocycles. The first kappa shape index (κ1) is 18.9. The van der Waals surface area contributed by atoms with E-state index in [0.29, 0.717) is 33.3 Å². The number of fused-ring (bicyclic) bond motifs is 2. The summed E-state index contributed by atoms with van der Waals surface area (Å²) >= 11 is 12.7. The molecule has 0 aliphatic carbocycles. The molecule has 0 spiro atoms. The third kappa shape index (κ3) is 3.18. The minimum atomic E-state index is -0.156. The van der Waals surface area contributed by atoms with Crippen molar-refractivity contribution >= 4 is 45.0 Å². The number of halogens is 2. The van der Waals surface area contributed by atoms with Gasteiger partial charge in [-0.15, -0.1) is 0 Å². The maximum atomic E-state index is 12.7. The Morgan fingerprint density at radius 1 is 1.00 bits per heavy atom. The van der Waals surface area contributed by atoms with Crippen molar-refractivity contribution in [3.63, 3.8) is 0 Å². The van der Waals surface area contributed by atoms with Crippen LogP contribution in [0.15, 0.2) is 71.7 Å². The van der Waals surface area contributed by atoms with E-state index in [4.69, 9.17) is 28.2 Å². The van der Waals surface area contributed by atoms with Crippen molar-refractivity contribution in [3.05, 3.63) is 98.4 Å². The van der Waals surface area contributed by atoms with Gasteiger partial charge in [0.15, 0.2) is 0 Å². The van der Waals surface area contributed by atoms with Crippen LogP contribution in [0.2, 0.25) is 10.0 Å². The molecule has 2 aromatic heterocycles. The topological polar surface area (TPSA) is 50.7 Å². The molecule has 4 nitrogen and oxygen atoms in total. The number of aromatic amines is 1. The Bertz CT molecular complexity index is 1480. The number of aromatic nitrogens is 3. The number of aryl methyl sites for hydroxylation is 1. The highest BCUT2D eigenvalue weighted by Gasteiger charge is 2.16. The monoisotopic (exact) mass is 433 g/mol. The van der Waals surface area contributed by atoms with Gasteiger partial charge in [0.2, 0.25) is 0 Å². The molecule has 148 valence electrons. The Labute approximate surface area is 182 Å². The number of hydrogen-bond donors (Lipinski definition) is 1. The summed E-state index contributed by atoms with van der Waals surface area (Å²) in [5.41, 5.74) is 4.28. The number of para-hydroxylation sites is 2. The summed E-state index contributed by atoms with van der Waals surface area (Å²) in [5.74, 6) is 0.527. The SMILES string of the molecule is Cc1cccc2c(=O)[nH]c(-c3cn(Cc4cccc(Cl)c4)c4c(Cl)cccc34)nc12. The summed E-state index contributed by atoms with van der Waals surface area (Å²) in [6.07, 6.45) is 1.99. The van der Waals surface area contributed by atoms with Gasteiger partial charge in [0, 0.05) is 28.7 Å². The summed E-state index contributed by atoms with van der Waals surface area (Å²) < 4.78 is 2.07. The van der Waals surface area contributed by atoms with E-state index in [1.165, 1.54) is 0 Å². The van der Waals surface area contributed by atoms with Crippen LogP contribution < -0.4 is 5.56 Å². The summed E-state index contributed by atoms with van der Waals surface area (Å²) in [6, 6.07) is 19.1. The molecule has 2 heterocycles. The third-order valence-electron chi connectivity index (χ3n) is 5.28. The van der Waals surface area contributed by atoms with Crippen molar-refractivity contribution in [3.8, 4) is 11.4 Å². The lowest BCUT2D eigenvalue weighted by molar-refractivity contribution is 0.837. The molecule has 0 atom stereocenters. The third-order valence-corrected chi connectivity index (χ3v) is 5.82. The number of nitrogens with one attached hydrogen (secondary N) is 1. The first-order chi connectivity index (χ1) is 14.5. The zero-order valence-corrected chi connectivity index (χ0v) is 17.6. The van der Waals surface area contributed by atoms with Crippen LogP contribution in [0.1, 0.15) is 11.1 Å². The van der Waals surface area contributed by atoms with Crippen molar-refractivity contribution in [2.45, 2.75) is 13.5 Å². The zero-order valence-electron chi connectivity index (χ0n) is 16.1. The summed E-state index contributed by atoms with van der Waals surface area (Å²) in [4.78, 5) is 20.5. The first-order valence-corrected chi connectivity index (χ1v) is 10.3. The van der Waals surface area contributed by atoms with Crippen LogP contribution >= 0.6 is 23.2 Å². The van der Waals surface area contributed by atoms with Crippen LogP contribution in [0, 0.1) is 6.92 Å². The van der Waals surface area contributed by atoms with E-state index in [2.05, 4.69) is 9.55 Å². The fraction of sp³-hybridized carbons (Fsp3) is 0.0833. The van der Waals surface area contributed by atoms with E-state index in [9.17, 15) is 4.79 Å². The standard InChI is InChI=1S/C24H17Cl2N3O/c1-14-5-2-9-18-21(14)27-23(28-24(18)30)19-13-29(12-15-6-3-7-16(25)11-15)22-17(19)8-4-10-20(22)26/h2-11,13H,12H2,1H3,(H,27,28,30). The van der Waals surface area contributed by atoms with Gasteiger partial charge in [-0.25, -0.2) is 4.98 Å². The second-order valence-electron chi connectivity index (χ2n) is 7.32. The van der Waals surface area contributed by atoms with Gasteiger partial charge in [-0.3, -0.25) is 4.79 Å². The van der Waals surface area contributed by atoms with Gasteiger partial charge in [0.05, 0.1) is 21.4 Å². The summed E-state index contributed by atoms with van der Waals surface area (Å²) in [7, 11) is 0. The Morgan fingerprint density at radius 3 is 2.60 bits per heavy atom. The van der Waals surface area contributed by atoms with Gasteiger partial charge >= 0.3 is 0 Å². The predicted octanol–water partition coefficient (Wildman–Crippen LogP) is 6.21. The van der Waals surface area contributed by atoms with E-state index in [-0.39, 0.29) is 5.56 Å². The maximum Gasteiger partial charge on any atom is 0.259 e. The molecular formula is C24H17Cl2N3O. The average Bonchev–Trinajstić information content (AvgIpc) is 3.08. The highest BCUT2D eigenvalue weighted by molar-refractivity contribution is 6.35. The van der Waals surface area contributed by atoms with Gasteiger partial charge in [-0.05, 0) is 42.3 Å². The lowest BCUT2D eigenvalue weighted by atomic mass is 10.1. The van der Waals surface area contributed by atoms with Crippen LogP contribution in [0.4, 0.5) is 0 Å². The summed E-state index contributed by atoms with van der Waals surface area (Å²) in [6.45, 7) is 2.55. The second-order valence-corrected chi connectivity index (χ2v) is 8.17. The van der Waals surface area contributed by atoms with Gasteiger partial charge in [0.1, 0.15) is 5.82 Å². The van der Waals surface area contributed by atoms with Crippen LogP contribution in [-0.4, -0.2) is 14.5 Å². The first-order valence-electron chi connectivity index (χ1n) is 9.53. The highest BCUT2D eigenvalue weighted by atomic mass is 35.5. The smallest absolute Gasteiger partial charge is 0.259 e. The van der Waals surface area contributed by atoms with E-state index in [1.54, 1.807) is 6.07 Å². The van der Waals surface area contributed by atoms with Crippen molar-refractivity contribution in [1.82, 2.24) is 14.5 Å². The molecule has 0 saturated carbocycles. The van der Waals surface area contributed by atoms with Crippen LogP contribution in [-0.2, 0) is 6.54 Å². The average molecular weight is 434 g/mol. The Morgan fingerprint density at radius 2 is 1.77 bits per heavy atom. The summed E-state index contributed by atoms with van der Waals surface area (Å²) in [5, 5.41) is 2.84. The zero-order chi connectivity index (χ0) is 20.8. The predicted molar refractivity (Wildman–Crippen MR) is 124 cm³/mol. The normalized spacial score (nSPS) is 11.4. The maximum absolute atomic E-state index is 12.7. The fourth-order valence-corrected chi connectivity index (χ4v) is 4.39. The lowest BCUT2D eigenvalue weighted by Gasteiger charge is -2.07. The van der Waals surface area contributed by atoms with Gasteiger partial charge in [-0.2, -0.15) is 0 Å². The van der Waals surface area contributed by atoms with Crippen LogP contribution in [0.25, 0.3) is 33.2 Å². The Balaban J connectivity index is 1.75. The van der Waals surface area contributed by atoms with E-state index in [1.807, 2.05) is 67.7 Å². The van der Waals surface area contributed by atoms with Crippen molar-refractivity contribution in [1.29, 1.82) is 0 Å². The van der Waals surface area contributed by atoms with Crippen molar-refractivity contribution in [2.75, 3.05) is 0 Å².